The molecule has 0 aliphatic rings. The highest BCUT2D eigenvalue weighted by Crippen LogP contribution is 2.13. The summed E-state index contributed by atoms with van der Waals surface area (Å²) >= 11 is 0. The first-order valence-corrected chi connectivity index (χ1v) is 10.1. The van der Waals surface area contributed by atoms with E-state index < -0.39 is 8.07 Å². The van der Waals surface area contributed by atoms with Gasteiger partial charge in [0.05, 0.1) is 6.61 Å². The van der Waals surface area contributed by atoms with Crippen LogP contribution in [0.2, 0.25) is 19.6 Å². The van der Waals surface area contributed by atoms with Crippen molar-refractivity contribution in [2.24, 2.45) is 0 Å². The smallest absolute Gasteiger partial charge is 0.330 e. The second-order valence-corrected chi connectivity index (χ2v) is 11.0. The summed E-state index contributed by atoms with van der Waals surface area (Å²) in [5.41, 5.74) is 2.41. The van der Waals surface area contributed by atoms with E-state index in [4.69, 9.17) is 4.74 Å². The summed E-state index contributed by atoms with van der Waals surface area (Å²) in [5.74, 6) is -0.288. The summed E-state index contributed by atoms with van der Waals surface area (Å²) in [7, 11) is -1.05. The number of carbonyl (C=O) groups excluding carboxylic acids is 1. The van der Waals surface area contributed by atoms with Crippen LogP contribution in [-0.4, -0.2) is 20.7 Å². The zero-order valence-corrected chi connectivity index (χ0v) is 12.7. The molecule has 0 unspecified atom stereocenters. The molecule has 0 atom stereocenters. The maximum absolute atomic E-state index is 11.2. The van der Waals surface area contributed by atoms with Crippen LogP contribution in [0, 0.1) is 0 Å². The molecule has 0 aliphatic carbocycles. The molecule has 0 N–H and O–H groups in total. The molecular formula is C15H22O2Si. The minimum Gasteiger partial charge on any atom is -0.463 e. The molecule has 0 fully saturated rings. The molecule has 1 aromatic carbocycles. The summed E-state index contributed by atoms with van der Waals surface area (Å²) in [5, 5.41) is 0. The standard InChI is InChI=1S/C15H22O2Si/c1-5-17-15(16)11-10-13-6-8-14(9-7-13)12-18(2,3)4/h6-11H,5,12H2,1-4H3/b11-10+. The molecular weight excluding hydrogens is 240 g/mol. The first-order chi connectivity index (χ1) is 8.40. The lowest BCUT2D eigenvalue weighted by Gasteiger charge is -2.15. The summed E-state index contributed by atoms with van der Waals surface area (Å²) in [4.78, 5) is 11.2. The van der Waals surface area contributed by atoms with Gasteiger partial charge in [-0.25, -0.2) is 4.79 Å². The van der Waals surface area contributed by atoms with Gasteiger partial charge in [-0.1, -0.05) is 49.5 Å². The molecule has 0 aromatic heterocycles. The van der Waals surface area contributed by atoms with Gasteiger partial charge in [-0.05, 0) is 24.6 Å². The number of carbonyl (C=O) groups is 1. The predicted molar refractivity (Wildman–Crippen MR) is 79.2 cm³/mol. The van der Waals surface area contributed by atoms with Gasteiger partial charge < -0.3 is 4.74 Å². The zero-order chi connectivity index (χ0) is 13.6. The van der Waals surface area contributed by atoms with E-state index in [-0.39, 0.29) is 5.97 Å². The molecule has 18 heavy (non-hydrogen) atoms. The SMILES string of the molecule is CCOC(=O)/C=C/c1ccc(C[Si](C)(C)C)cc1. The molecule has 2 nitrogen and oxygen atoms in total. The minimum absolute atomic E-state index is 0.288. The fourth-order valence-electron chi connectivity index (χ4n) is 1.71. The zero-order valence-electron chi connectivity index (χ0n) is 11.7. The van der Waals surface area contributed by atoms with Crippen molar-refractivity contribution in [2.45, 2.75) is 32.6 Å². The summed E-state index contributed by atoms with van der Waals surface area (Å²) < 4.78 is 4.83. The topological polar surface area (TPSA) is 26.3 Å². The fraction of sp³-hybridized carbons (Fsp3) is 0.400. The molecule has 0 amide bonds. The highest BCUT2D eigenvalue weighted by molar-refractivity contribution is 6.75. The van der Waals surface area contributed by atoms with Gasteiger partial charge in [0.2, 0.25) is 0 Å². The van der Waals surface area contributed by atoms with Gasteiger partial charge in [-0.3, -0.25) is 0 Å². The third kappa shape index (κ3) is 5.82. The van der Waals surface area contributed by atoms with E-state index in [0.717, 1.165) is 5.56 Å². The second-order valence-electron chi connectivity index (χ2n) is 5.56. The number of rotatable bonds is 5. The summed E-state index contributed by atoms with van der Waals surface area (Å²) in [6, 6.07) is 9.57. The van der Waals surface area contributed by atoms with Crippen molar-refractivity contribution in [2.75, 3.05) is 6.61 Å². The van der Waals surface area contributed by atoms with Crippen LogP contribution in [0.4, 0.5) is 0 Å². The highest BCUT2D eigenvalue weighted by atomic mass is 28.3. The normalized spacial score (nSPS) is 11.8. The Morgan fingerprint density at radius 2 is 1.83 bits per heavy atom. The number of hydrogen-bond donors (Lipinski definition) is 0. The molecule has 0 aliphatic heterocycles. The maximum atomic E-state index is 11.2. The average Bonchev–Trinajstić information content (AvgIpc) is 2.26. The van der Waals surface area contributed by atoms with Crippen molar-refractivity contribution in [1.82, 2.24) is 0 Å². The molecule has 0 saturated heterocycles. The number of benzene rings is 1. The number of ether oxygens (including phenoxy) is 1. The average molecular weight is 262 g/mol. The first-order valence-electron chi connectivity index (χ1n) is 6.34. The summed E-state index contributed by atoms with van der Waals surface area (Å²) in [6.45, 7) is 9.31. The Hall–Kier alpha value is -1.35. The van der Waals surface area contributed by atoms with Gasteiger partial charge >= 0.3 is 5.97 Å². The molecule has 0 bridgehead atoms. The van der Waals surface area contributed by atoms with Crippen molar-refractivity contribution in [3.63, 3.8) is 0 Å². The second kappa shape index (κ2) is 6.54. The third-order valence-corrected chi connectivity index (χ3v) is 3.88. The molecule has 1 aromatic rings. The monoisotopic (exact) mass is 262 g/mol. The molecule has 3 heteroatoms. The molecule has 0 spiro atoms. The van der Waals surface area contributed by atoms with Gasteiger partial charge in [-0.2, -0.15) is 0 Å². The Balaban J connectivity index is 2.63. The van der Waals surface area contributed by atoms with Crippen LogP contribution in [-0.2, 0) is 15.6 Å². The van der Waals surface area contributed by atoms with E-state index in [1.54, 1.807) is 13.0 Å². The van der Waals surface area contributed by atoms with Crippen LogP contribution in [0.3, 0.4) is 0 Å². The van der Waals surface area contributed by atoms with Gasteiger partial charge in [-0.15, -0.1) is 0 Å². The van der Waals surface area contributed by atoms with Gasteiger partial charge in [0, 0.05) is 14.1 Å². The van der Waals surface area contributed by atoms with E-state index in [9.17, 15) is 4.79 Å². The van der Waals surface area contributed by atoms with Crippen LogP contribution in [0.5, 0.6) is 0 Å². The maximum Gasteiger partial charge on any atom is 0.330 e. The lowest BCUT2D eigenvalue weighted by atomic mass is 10.1. The quantitative estimate of drug-likeness (QED) is 0.459. The van der Waals surface area contributed by atoms with E-state index in [1.807, 2.05) is 12.1 Å². The highest BCUT2D eigenvalue weighted by Gasteiger charge is 2.13. The van der Waals surface area contributed by atoms with Crippen molar-refractivity contribution >= 4 is 20.1 Å². The lowest BCUT2D eigenvalue weighted by molar-refractivity contribution is -0.137. The van der Waals surface area contributed by atoms with Crippen molar-refractivity contribution in [3.05, 3.63) is 41.5 Å². The van der Waals surface area contributed by atoms with Crippen molar-refractivity contribution < 1.29 is 9.53 Å². The third-order valence-electron chi connectivity index (χ3n) is 2.41. The van der Waals surface area contributed by atoms with E-state index >= 15 is 0 Å². The Labute approximate surface area is 111 Å². The minimum atomic E-state index is -1.05. The fourth-order valence-corrected chi connectivity index (χ4v) is 3.17. The van der Waals surface area contributed by atoms with Gasteiger partial charge in [0.1, 0.15) is 0 Å². The van der Waals surface area contributed by atoms with Crippen LogP contribution in [0.1, 0.15) is 18.1 Å². The van der Waals surface area contributed by atoms with Crippen LogP contribution < -0.4 is 0 Å². The summed E-state index contributed by atoms with van der Waals surface area (Å²) in [6.07, 6.45) is 3.26. The van der Waals surface area contributed by atoms with Crippen LogP contribution >= 0.6 is 0 Å². The Morgan fingerprint density at radius 3 is 2.33 bits per heavy atom. The molecule has 1 rings (SSSR count). The number of esters is 1. The lowest BCUT2D eigenvalue weighted by Crippen LogP contribution is -2.23. The van der Waals surface area contributed by atoms with E-state index in [0.29, 0.717) is 6.61 Å². The first kappa shape index (κ1) is 14.7. The van der Waals surface area contributed by atoms with E-state index in [2.05, 4.69) is 31.8 Å². The van der Waals surface area contributed by atoms with E-state index in [1.165, 1.54) is 17.7 Å². The largest absolute Gasteiger partial charge is 0.463 e. The Morgan fingerprint density at radius 1 is 1.22 bits per heavy atom. The number of hydrogen-bond acceptors (Lipinski definition) is 2. The van der Waals surface area contributed by atoms with Crippen molar-refractivity contribution in [1.29, 1.82) is 0 Å². The molecule has 98 valence electrons. The molecule has 0 radical (unpaired) electrons. The Kier molecular flexibility index (Phi) is 5.35. The van der Waals surface area contributed by atoms with Crippen LogP contribution in [0.15, 0.2) is 30.3 Å². The Bertz CT molecular complexity index is 413. The van der Waals surface area contributed by atoms with Crippen LogP contribution in [0.25, 0.3) is 6.08 Å². The molecule has 0 saturated carbocycles. The van der Waals surface area contributed by atoms with Gasteiger partial charge in [0.25, 0.3) is 0 Å². The van der Waals surface area contributed by atoms with Gasteiger partial charge in [0.15, 0.2) is 0 Å². The predicted octanol–water partition coefficient (Wildman–Crippen LogP) is 3.68. The molecule has 0 heterocycles. The van der Waals surface area contributed by atoms with Crippen molar-refractivity contribution in [3.8, 4) is 0 Å².